The Balaban J connectivity index is 1.54. The fourth-order valence-corrected chi connectivity index (χ4v) is 4.85. The van der Waals surface area contributed by atoms with Crippen molar-refractivity contribution >= 4 is 33.2 Å². The summed E-state index contributed by atoms with van der Waals surface area (Å²) >= 11 is 5.99. The Hall–Kier alpha value is -1.93. The monoisotopic (exact) mass is 421 g/mol. The maximum atomic E-state index is 12.5. The predicted molar refractivity (Wildman–Crippen MR) is 111 cm³/mol. The van der Waals surface area contributed by atoms with Crippen molar-refractivity contribution < 1.29 is 13.2 Å². The summed E-state index contributed by atoms with van der Waals surface area (Å²) in [6.45, 7) is 3.22. The smallest absolute Gasteiger partial charge is 0.243 e. The highest BCUT2D eigenvalue weighted by Gasteiger charge is 2.26. The first-order valence-electron chi connectivity index (χ1n) is 9.25. The van der Waals surface area contributed by atoms with E-state index in [4.69, 9.17) is 11.6 Å². The van der Waals surface area contributed by atoms with Gasteiger partial charge in [-0.15, -0.1) is 0 Å². The number of nitrogens with one attached hydrogen (secondary N) is 2. The zero-order chi connectivity index (χ0) is 20.1. The highest BCUT2D eigenvalue weighted by Crippen LogP contribution is 2.22. The third-order valence-electron chi connectivity index (χ3n) is 4.76. The third-order valence-corrected chi connectivity index (χ3v) is 6.91. The lowest BCUT2D eigenvalue weighted by molar-refractivity contribution is -0.115. The first kappa shape index (κ1) is 20.8. The average molecular weight is 422 g/mol. The Kier molecular flexibility index (Phi) is 6.72. The van der Waals surface area contributed by atoms with Gasteiger partial charge in [-0.25, -0.2) is 8.42 Å². The first-order valence-corrected chi connectivity index (χ1v) is 11.1. The van der Waals surface area contributed by atoms with Crippen LogP contribution in [0.2, 0.25) is 5.02 Å². The summed E-state index contributed by atoms with van der Waals surface area (Å²) in [7, 11) is -3.44. The quantitative estimate of drug-likeness (QED) is 0.718. The molecule has 0 spiro atoms. The molecule has 28 heavy (non-hydrogen) atoms. The number of benzene rings is 2. The summed E-state index contributed by atoms with van der Waals surface area (Å²) in [5.41, 5.74) is 1.55. The lowest BCUT2D eigenvalue weighted by Crippen LogP contribution is -2.30. The molecule has 0 saturated carbocycles. The van der Waals surface area contributed by atoms with Crippen molar-refractivity contribution in [2.75, 3.05) is 25.0 Å². The number of carbonyl (C=O) groups is 1. The molecule has 1 aliphatic rings. The summed E-state index contributed by atoms with van der Waals surface area (Å²) in [4.78, 5) is 12.4. The van der Waals surface area contributed by atoms with Gasteiger partial charge >= 0.3 is 0 Å². The Labute approximate surface area is 170 Å². The van der Waals surface area contributed by atoms with Crippen LogP contribution in [0.1, 0.15) is 31.4 Å². The Morgan fingerprint density at radius 3 is 2.46 bits per heavy atom. The maximum absolute atomic E-state index is 12.5. The highest BCUT2D eigenvalue weighted by atomic mass is 35.5. The van der Waals surface area contributed by atoms with Gasteiger partial charge in [-0.3, -0.25) is 4.79 Å². The molecule has 2 N–H and O–H groups in total. The minimum absolute atomic E-state index is 0.0302. The van der Waals surface area contributed by atoms with Crippen molar-refractivity contribution in [3.05, 3.63) is 59.1 Å². The van der Waals surface area contributed by atoms with Crippen molar-refractivity contribution in [3.8, 4) is 0 Å². The van der Waals surface area contributed by atoms with E-state index in [1.54, 1.807) is 18.2 Å². The van der Waals surface area contributed by atoms with E-state index in [-0.39, 0.29) is 23.4 Å². The number of rotatable bonds is 7. The number of hydrogen-bond acceptors (Lipinski definition) is 4. The molecule has 8 heteroatoms. The zero-order valence-electron chi connectivity index (χ0n) is 15.7. The number of hydrogen-bond donors (Lipinski definition) is 2. The van der Waals surface area contributed by atoms with Gasteiger partial charge in [-0.1, -0.05) is 23.7 Å². The molecule has 1 aliphatic heterocycles. The average Bonchev–Trinajstić information content (AvgIpc) is 3.22. The molecular formula is C20H24ClN3O3S. The third kappa shape index (κ3) is 5.11. The topological polar surface area (TPSA) is 78.5 Å². The van der Waals surface area contributed by atoms with E-state index in [2.05, 4.69) is 10.6 Å². The number of amides is 1. The van der Waals surface area contributed by atoms with Crippen molar-refractivity contribution in [1.29, 1.82) is 0 Å². The van der Waals surface area contributed by atoms with Crippen molar-refractivity contribution in [3.63, 3.8) is 0 Å². The van der Waals surface area contributed by atoms with Crippen LogP contribution in [0.15, 0.2) is 53.4 Å². The van der Waals surface area contributed by atoms with Gasteiger partial charge in [0.15, 0.2) is 0 Å². The normalized spacial score (nSPS) is 16.1. The molecule has 0 aliphatic carbocycles. The molecule has 3 rings (SSSR count). The fraction of sp³-hybridized carbons (Fsp3) is 0.350. The molecule has 6 nitrogen and oxygen atoms in total. The summed E-state index contributed by atoms with van der Waals surface area (Å²) in [6.07, 6.45) is 1.79. The van der Waals surface area contributed by atoms with E-state index < -0.39 is 10.0 Å². The molecule has 0 unspecified atom stereocenters. The lowest BCUT2D eigenvalue weighted by atomic mass is 10.1. The minimum Gasteiger partial charge on any atom is -0.325 e. The fourth-order valence-electron chi connectivity index (χ4n) is 3.13. The minimum atomic E-state index is -3.44. The second-order valence-corrected chi connectivity index (χ2v) is 9.22. The standard InChI is InChI=1S/C20H24ClN3O3S/c1-15(16-5-4-6-17(21)13-16)22-14-20(25)23-18-7-9-19(10-8-18)28(26,27)24-11-2-3-12-24/h4-10,13,15,22H,2-3,11-12,14H2,1H3,(H,23,25)/t15-/m0/s1. The van der Waals surface area contributed by atoms with E-state index in [9.17, 15) is 13.2 Å². The SMILES string of the molecule is C[C@H](NCC(=O)Nc1ccc(S(=O)(=O)N2CCCC2)cc1)c1cccc(Cl)c1. The number of nitrogens with zero attached hydrogens (tertiary/aromatic N) is 1. The van der Waals surface area contributed by atoms with E-state index >= 15 is 0 Å². The Bertz CT molecular complexity index is 926. The molecule has 2 aromatic carbocycles. The van der Waals surface area contributed by atoms with Gasteiger partial charge in [-0.2, -0.15) is 4.31 Å². The van der Waals surface area contributed by atoms with Crippen LogP contribution in [0.25, 0.3) is 0 Å². The van der Waals surface area contributed by atoms with Gasteiger partial charge in [0.05, 0.1) is 11.4 Å². The largest absolute Gasteiger partial charge is 0.325 e. The van der Waals surface area contributed by atoms with Gasteiger partial charge in [0.25, 0.3) is 0 Å². The van der Waals surface area contributed by atoms with Gasteiger partial charge in [0.1, 0.15) is 0 Å². The molecule has 1 amide bonds. The number of anilines is 1. The van der Waals surface area contributed by atoms with Crippen LogP contribution in [0, 0.1) is 0 Å². The summed E-state index contributed by atoms with van der Waals surface area (Å²) in [5, 5.41) is 6.57. The van der Waals surface area contributed by atoms with E-state index in [0.29, 0.717) is 23.8 Å². The lowest BCUT2D eigenvalue weighted by Gasteiger charge is -2.16. The molecule has 1 saturated heterocycles. The van der Waals surface area contributed by atoms with Gasteiger partial charge in [0.2, 0.25) is 15.9 Å². The van der Waals surface area contributed by atoms with Crippen LogP contribution in [0.4, 0.5) is 5.69 Å². The van der Waals surface area contributed by atoms with Gasteiger partial charge < -0.3 is 10.6 Å². The molecule has 0 radical (unpaired) electrons. The molecule has 2 aromatic rings. The van der Waals surface area contributed by atoms with E-state index in [1.165, 1.54) is 16.4 Å². The van der Waals surface area contributed by atoms with Crippen LogP contribution < -0.4 is 10.6 Å². The number of halogens is 1. The second-order valence-electron chi connectivity index (χ2n) is 6.84. The van der Waals surface area contributed by atoms with Crippen molar-refractivity contribution in [2.45, 2.75) is 30.7 Å². The number of sulfonamides is 1. The van der Waals surface area contributed by atoms with Crippen LogP contribution >= 0.6 is 11.6 Å². The summed E-state index contributed by atoms with van der Waals surface area (Å²) in [6, 6.07) is 13.7. The molecule has 1 fully saturated rings. The molecular weight excluding hydrogens is 398 g/mol. The molecule has 0 bridgehead atoms. The molecule has 1 heterocycles. The predicted octanol–water partition coefficient (Wildman–Crippen LogP) is 3.41. The Morgan fingerprint density at radius 2 is 1.82 bits per heavy atom. The summed E-state index contributed by atoms with van der Waals surface area (Å²) < 4.78 is 26.5. The van der Waals surface area contributed by atoms with Crippen LogP contribution in [0.3, 0.4) is 0 Å². The molecule has 1 atom stereocenters. The van der Waals surface area contributed by atoms with Crippen LogP contribution in [-0.2, 0) is 14.8 Å². The zero-order valence-corrected chi connectivity index (χ0v) is 17.3. The first-order chi connectivity index (χ1) is 13.4. The summed E-state index contributed by atoms with van der Waals surface area (Å²) in [5.74, 6) is -0.205. The van der Waals surface area contributed by atoms with Crippen molar-refractivity contribution in [2.24, 2.45) is 0 Å². The molecule has 150 valence electrons. The van der Waals surface area contributed by atoms with Gasteiger partial charge in [-0.05, 0) is 61.7 Å². The van der Waals surface area contributed by atoms with Crippen LogP contribution in [0.5, 0.6) is 0 Å². The van der Waals surface area contributed by atoms with Crippen molar-refractivity contribution in [1.82, 2.24) is 9.62 Å². The highest BCUT2D eigenvalue weighted by molar-refractivity contribution is 7.89. The second kappa shape index (κ2) is 9.05. The Morgan fingerprint density at radius 1 is 1.14 bits per heavy atom. The van der Waals surface area contributed by atoms with E-state index in [0.717, 1.165) is 18.4 Å². The number of carbonyl (C=O) groups excluding carboxylic acids is 1. The molecule has 0 aromatic heterocycles. The maximum Gasteiger partial charge on any atom is 0.243 e. The van der Waals surface area contributed by atoms with E-state index in [1.807, 2.05) is 25.1 Å². The van der Waals surface area contributed by atoms with Crippen LogP contribution in [-0.4, -0.2) is 38.3 Å². The van der Waals surface area contributed by atoms with Gasteiger partial charge in [0, 0.05) is 29.8 Å².